The fourth-order valence-electron chi connectivity index (χ4n) is 5.31. The Morgan fingerprint density at radius 1 is 1.20 bits per heavy atom. The third kappa shape index (κ3) is 5.98. The van der Waals surface area contributed by atoms with Gasteiger partial charge in [-0.25, -0.2) is 4.79 Å². The molecule has 0 bridgehead atoms. The second-order valence-corrected chi connectivity index (χ2v) is 12.4. The highest BCUT2D eigenvalue weighted by Crippen LogP contribution is 2.43. The summed E-state index contributed by atoms with van der Waals surface area (Å²) in [5, 5.41) is 21.1. The summed E-state index contributed by atoms with van der Waals surface area (Å²) < 4.78 is 11.4. The first-order chi connectivity index (χ1) is 16.5. The Balaban J connectivity index is 1.62. The Bertz CT molecular complexity index is 963. The van der Waals surface area contributed by atoms with E-state index in [1.54, 1.807) is 4.90 Å². The summed E-state index contributed by atoms with van der Waals surface area (Å²) >= 11 is 1.26. The van der Waals surface area contributed by atoms with E-state index < -0.39 is 11.8 Å². The number of nitrogens with zero attached hydrogens (tertiary/aromatic N) is 1. The number of allylic oxidation sites excluding steroid dienone is 2. The molecule has 1 saturated heterocycles. The van der Waals surface area contributed by atoms with Gasteiger partial charge in [0.25, 0.3) is 0 Å². The van der Waals surface area contributed by atoms with E-state index >= 15 is 0 Å². The van der Waals surface area contributed by atoms with E-state index in [1.807, 2.05) is 6.07 Å². The van der Waals surface area contributed by atoms with Gasteiger partial charge in [-0.05, 0) is 56.9 Å². The van der Waals surface area contributed by atoms with Crippen molar-refractivity contribution in [2.45, 2.75) is 102 Å². The first-order valence-electron chi connectivity index (χ1n) is 12.8. The molecule has 0 radical (unpaired) electrons. The number of aromatic carboxylic acids is 1. The topological polar surface area (TPSA) is 96.3 Å². The lowest BCUT2D eigenvalue weighted by Gasteiger charge is -2.42. The van der Waals surface area contributed by atoms with E-state index in [2.05, 4.69) is 33.8 Å². The molecular formula is C27H39NO6S. The Morgan fingerprint density at radius 2 is 1.91 bits per heavy atom. The number of hydrogen-bond donors (Lipinski definition) is 2. The second kappa shape index (κ2) is 10.3. The highest BCUT2D eigenvalue weighted by atomic mass is 32.1. The molecule has 2 atom stereocenters. The van der Waals surface area contributed by atoms with E-state index in [4.69, 9.17) is 9.47 Å². The van der Waals surface area contributed by atoms with Crippen LogP contribution in [-0.4, -0.2) is 53.2 Å². The fourth-order valence-corrected chi connectivity index (χ4v) is 6.36. The maximum atomic E-state index is 14.0. The molecule has 1 aliphatic heterocycles. The summed E-state index contributed by atoms with van der Waals surface area (Å²) in [6.45, 7) is 9.40. The molecule has 0 unspecified atom stereocenters. The number of carboxylic acids is 1. The van der Waals surface area contributed by atoms with Gasteiger partial charge in [0.05, 0.1) is 18.4 Å². The molecule has 3 aliphatic rings. The Hall–Kier alpha value is -1.74. The molecule has 2 aliphatic carbocycles. The molecule has 2 fully saturated rings. The third-order valence-corrected chi connectivity index (χ3v) is 9.04. The molecule has 1 saturated carbocycles. The van der Waals surface area contributed by atoms with Gasteiger partial charge in [0.15, 0.2) is 5.79 Å². The number of ether oxygens (including phenoxy) is 2. The minimum Gasteiger partial charge on any atom is -0.477 e. The average molecular weight is 506 g/mol. The SMILES string of the molecule is CC1=CC[C@@H](C(=O)N(c2cc(C(C)(C)C)sc2C(=O)O)[C@H]2CC[C@](O)(O[C@H]3CCOC3)CC2)CC1. The van der Waals surface area contributed by atoms with Gasteiger partial charge < -0.3 is 24.6 Å². The molecule has 0 spiro atoms. The van der Waals surface area contributed by atoms with Crippen molar-refractivity contribution < 1.29 is 29.3 Å². The van der Waals surface area contributed by atoms with Crippen LogP contribution in [0.2, 0.25) is 0 Å². The van der Waals surface area contributed by atoms with E-state index in [0.29, 0.717) is 51.0 Å². The van der Waals surface area contributed by atoms with Gasteiger partial charge in [0.1, 0.15) is 4.88 Å². The predicted octanol–water partition coefficient (Wildman–Crippen LogP) is 5.26. The predicted molar refractivity (Wildman–Crippen MR) is 136 cm³/mol. The van der Waals surface area contributed by atoms with Crippen molar-refractivity contribution in [1.29, 1.82) is 0 Å². The van der Waals surface area contributed by atoms with Crippen LogP contribution >= 0.6 is 11.3 Å². The van der Waals surface area contributed by atoms with Gasteiger partial charge in [-0.2, -0.15) is 0 Å². The van der Waals surface area contributed by atoms with Crippen molar-refractivity contribution in [3.8, 4) is 0 Å². The number of carbonyl (C=O) groups excluding carboxylic acids is 1. The third-order valence-electron chi connectivity index (χ3n) is 7.51. The molecule has 194 valence electrons. The van der Waals surface area contributed by atoms with E-state index in [-0.39, 0.29) is 34.3 Å². The minimum atomic E-state index is -1.23. The van der Waals surface area contributed by atoms with Crippen molar-refractivity contribution in [1.82, 2.24) is 0 Å². The van der Waals surface area contributed by atoms with Crippen molar-refractivity contribution in [2.75, 3.05) is 18.1 Å². The van der Waals surface area contributed by atoms with Gasteiger partial charge in [0, 0.05) is 36.3 Å². The molecule has 1 amide bonds. The maximum Gasteiger partial charge on any atom is 0.348 e. The number of anilines is 1. The van der Waals surface area contributed by atoms with Crippen LogP contribution in [0.25, 0.3) is 0 Å². The minimum absolute atomic E-state index is 0.00457. The zero-order chi connectivity index (χ0) is 25.4. The zero-order valence-corrected chi connectivity index (χ0v) is 22.2. The van der Waals surface area contributed by atoms with Crippen LogP contribution < -0.4 is 4.90 Å². The van der Waals surface area contributed by atoms with Crippen LogP contribution in [-0.2, 0) is 19.7 Å². The number of amides is 1. The Labute approximate surface area is 212 Å². The van der Waals surface area contributed by atoms with Crippen LogP contribution in [0.4, 0.5) is 5.69 Å². The Morgan fingerprint density at radius 3 is 2.46 bits per heavy atom. The van der Waals surface area contributed by atoms with Crippen molar-refractivity contribution in [3.63, 3.8) is 0 Å². The van der Waals surface area contributed by atoms with E-state index in [0.717, 1.165) is 24.1 Å². The molecule has 1 aromatic heterocycles. The number of hydrogen-bond acceptors (Lipinski definition) is 6. The fraction of sp³-hybridized carbons (Fsp3) is 0.704. The van der Waals surface area contributed by atoms with Crippen LogP contribution in [0.5, 0.6) is 0 Å². The van der Waals surface area contributed by atoms with Gasteiger partial charge >= 0.3 is 5.97 Å². The smallest absolute Gasteiger partial charge is 0.348 e. The summed E-state index contributed by atoms with van der Waals surface area (Å²) in [5.74, 6) is -2.40. The van der Waals surface area contributed by atoms with Crippen molar-refractivity contribution >= 4 is 28.9 Å². The maximum absolute atomic E-state index is 14.0. The monoisotopic (exact) mass is 505 g/mol. The quantitative estimate of drug-likeness (QED) is 0.404. The molecule has 1 aromatic rings. The van der Waals surface area contributed by atoms with Gasteiger partial charge in [0.2, 0.25) is 5.91 Å². The number of carboxylic acid groups (broad SMARTS) is 1. The Kier molecular flexibility index (Phi) is 7.77. The normalized spacial score (nSPS) is 29.6. The number of thiophene rings is 1. The molecule has 4 rings (SSSR count). The van der Waals surface area contributed by atoms with Gasteiger partial charge in [-0.3, -0.25) is 4.79 Å². The molecule has 0 aromatic carbocycles. The summed E-state index contributed by atoms with van der Waals surface area (Å²) in [4.78, 5) is 29.2. The highest BCUT2D eigenvalue weighted by Gasteiger charge is 2.42. The van der Waals surface area contributed by atoms with Crippen molar-refractivity contribution in [3.05, 3.63) is 27.5 Å². The summed E-state index contributed by atoms with van der Waals surface area (Å²) in [7, 11) is 0. The van der Waals surface area contributed by atoms with E-state index in [9.17, 15) is 19.8 Å². The van der Waals surface area contributed by atoms with Crippen LogP contribution in [0.1, 0.15) is 93.6 Å². The molecule has 7 nitrogen and oxygen atoms in total. The molecule has 2 N–H and O–H groups in total. The molecule has 35 heavy (non-hydrogen) atoms. The van der Waals surface area contributed by atoms with Gasteiger partial charge in [-0.1, -0.05) is 32.4 Å². The van der Waals surface area contributed by atoms with Crippen LogP contribution in [0.15, 0.2) is 17.7 Å². The zero-order valence-electron chi connectivity index (χ0n) is 21.3. The van der Waals surface area contributed by atoms with Crippen LogP contribution in [0, 0.1) is 5.92 Å². The lowest BCUT2D eigenvalue weighted by atomic mass is 9.85. The molecule has 2 heterocycles. The first-order valence-corrected chi connectivity index (χ1v) is 13.6. The molecular weight excluding hydrogens is 466 g/mol. The van der Waals surface area contributed by atoms with Crippen LogP contribution in [0.3, 0.4) is 0 Å². The summed E-state index contributed by atoms with van der Waals surface area (Å²) in [6.07, 6.45) is 7.06. The number of aliphatic hydroxyl groups is 1. The highest BCUT2D eigenvalue weighted by molar-refractivity contribution is 7.14. The number of carbonyl (C=O) groups is 2. The van der Waals surface area contributed by atoms with Gasteiger partial charge in [-0.15, -0.1) is 11.3 Å². The summed E-state index contributed by atoms with van der Waals surface area (Å²) in [5.41, 5.74) is 1.58. The van der Waals surface area contributed by atoms with Crippen molar-refractivity contribution in [2.24, 2.45) is 5.92 Å². The average Bonchev–Trinajstić information content (AvgIpc) is 3.46. The number of rotatable bonds is 6. The lowest BCUT2D eigenvalue weighted by Crippen LogP contribution is -2.50. The van der Waals surface area contributed by atoms with E-state index in [1.165, 1.54) is 16.9 Å². The standard InChI is InChI=1S/C27H39NO6S/c1-17-5-7-18(8-6-17)24(29)28(21-15-22(26(2,3)4)35-23(21)25(30)31)19-9-12-27(32,13-10-19)34-20-11-14-33-16-20/h5,15,18-20,32H,6-14,16H2,1-4H3,(H,30,31)/t18-,19-,20+,27-/m1/s1. The second-order valence-electron chi connectivity index (χ2n) is 11.4. The summed E-state index contributed by atoms with van der Waals surface area (Å²) in [6, 6.07) is 1.72. The molecule has 8 heteroatoms. The largest absolute Gasteiger partial charge is 0.477 e. The lowest BCUT2D eigenvalue weighted by molar-refractivity contribution is -0.245. The first kappa shape index (κ1) is 26.3.